The van der Waals surface area contributed by atoms with Gasteiger partial charge in [0.1, 0.15) is 0 Å². The minimum Gasteiger partial charge on any atom is -0.549 e. The smallest absolute Gasteiger partial charge is 0.0554 e. The van der Waals surface area contributed by atoms with E-state index in [4.69, 9.17) is 0 Å². The van der Waals surface area contributed by atoms with Gasteiger partial charge in [-0.15, -0.1) is 0 Å². The molecule has 0 heterocycles. The van der Waals surface area contributed by atoms with Crippen molar-refractivity contribution >= 4 is 5.97 Å². The maximum atomic E-state index is 9.66. The first-order valence-corrected chi connectivity index (χ1v) is 1.97. The fraction of sp³-hybridized carbons (Fsp3) is 0.750. The van der Waals surface area contributed by atoms with Crippen LogP contribution in [0.2, 0.25) is 0 Å². The predicted octanol–water partition coefficient (Wildman–Crippen LogP) is -1.33. The molecule has 4 nitrogen and oxygen atoms in total. The van der Waals surface area contributed by atoms with Crippen molar-refractivity contribution in [2.75, 3.05) is 20.6 Å². The summed E-state index contributed by atoms with van der Waals surface area (Å²) < 4.78 is 0. The Morgan fingerprint density at radius 2 is 2.00 bits per heavy atom. The molecule has 0 saturated carbocycles. The van der Waals surface area contributed by atoms with Gasteiger partial charge in [0.05, 0.1) is 5.97 Å². The second kappa shape index (κ2) is 4.55. The molecule has 4 N–H and O–H groups in total. The number of carboxylic acid groups (broad SMARTS) is 1. The molecule has 0 aromatic carbocycles. The second-order valence-corrected chi connectivity index (χ2v) is 1.61. The van der Waals surface area contributed by atoms with E-state index in [1.165, 1.54) is 4.90 Å². The maximum absolute atomic E-state index is 9.66. The summed E-state index contributed by atoms with van der Waals surface area (Å²) >= 11 is 0. The highest BCUT2D eigenvalue weighted by atomic mass is 16.4. The van der Waals surface area contributed by atoms with Crippen molar-refractivity contribution in [3.63, 3.8) is 0 Å². The molecular weight excluding hydrogens is 108 g/mol. The monoisotopic (exact) mass is 120 g/mol. The summed E-state index contributed by atoms with van der Waals surface area (Å²) in [7, 11) is 3.35. The van der Waals surface area contributed by atoms with Gasteiger partial charge in [0, 0.05) is 6.54 Å². The van der Waals surface area contributed by atoms with Gasteiger partial charge in [0.2, 0.25) is 0 Å². The van der Waals surface area contributed by atoms with Crippen LogP contribution in [0.3, 0.4) is 0 Å². The largest absolute Gasteiger partial charge is 0.549 e. The topological polar surface area (TPSA) is 79.9 Å². The molecule has 50 valence electrons. The lowest BCUT2D eigenvalue weighted by atomic mass is 10.6. The van der Waals surface area contributed by atoms with E-state index < -0.39 is 5.97 Å². The summed E-state index contributed by atoms with van der Waals surface area (Å²) in [6, 6.07) is 0. The normalized spacial score (nSPS) is 8.38. The van der Waals surface area contributed by atoms with E-state index in [-0.39, 0.29) is 12.7 Å². The molecule has 0 amide bonds. The fourth-order valence-corrected chi connectivity index (χ4v) is 0.258. The number of hydrogen-bond acceptors (Lipinski definition) is 3. The van der Waals surface area contributed by atoms with Crippen LogP contribution < -0.4 is 11.3 Å². The van der Waals surface area contributed by atoms with Gasteiger partial charge < -0.3 is 21.0 Å². The van der Waals surface area contributed by atoms with Gasteiger partial charge in [-0.05, 0) is 14.1 Å². The van der Waals surface area contributed by atoms with Gasteiger partial charge in [-0.2, -0.15) is 0 Å². The van der Waals surface area contributed by atoms with Gasteiger partial charge in [0.25, 0.3) is 0 Å². The van der Waals surface area contributed by atoms with E-state index in [2.05, 4.69) is 0 Å². The van der Waals surface area contributed by atoms with Gasteiger partial charge in [-0.3, -0.25) is 0 Å². The van der Waals surface area contributed by atoms with Crippen LogP contribution in [-0.2, 0) is 4.79 Å². The van der Waals surface area contributed by atoms with Crippen LogP contribution in [0.1, 0.15) is 0 Å². The van der Waals surface area contributed by atoms with Crippen molar-refractivity contribution in [2.45, 2.75) is 0 Å². The van der Waals surface area contributed by atoms with Gasteiger partial charge in [0.15, 0.2) is 0 Å². The zero-order chi connectivity index (χ0) is 5.86. The highest BCUT2D eigenvalue weighted by Crippen LogP contribution is 1.66. The molecule has 0 radical (unpaired) electrons. The molecule has 0 spiro atoms. The first-order valence-electron chi connectivity index (χ1n) is 1.97. The van der Waals surface area contributed by atoms with E-state index in [0.29, 0.717) is 0 Å². The number of likely N-dealkylation sites (N-methyl/N-ethyl adjacent to an activating group) is 1. The molecule has 0 saturated heterocycles. The lowest BCUT2D eigenvalue weighted by molar-refractivity contribution is -0.305. The van der Waals surface area contributed by atoms with Crippen molar-refractivity contribution in [1.29, 1.82) is 0 Å². The Bertz CT molecular complexity index is 72.4. The fourth-order valence-electron chi connectivity index (χ4n) is 0.258. The van der Waals surface area contributed by atoms with Crippen molar-refractivity contribution < 1.29 is 9.90 Å². The van der Waals surface area contributed by atoms with Crippen LogP contribution >= 0.6 is 0 Å². The van der Waals surface area contributed by atoms with E-state index in [1.807, 2.05) is 0 Å². The Balaban J connectivity index is 0. The standard InChI is InChI=1S/C4H9NO2.H3N/c1-5(2)3-4(6)7;/h3H2,1-2H3,(H,6,7);1H3. The van der Waals surface area contributed by atoms with E-state index >= 15 is 0 Å². The number of hydrogen-bond donors (Lipinski definition) is 1. The molecule has 0 bridgehead atoms. The van der Waals surface area contributed by atoms with Gasteiger partial charge >= 0.3 is 0 Å². The molecule has 0 aromatic heterocycles. The predicted molar refractivity (Wildman–Crippen MR) is 29.5 cm³/mol. The van der Waals surface area contributed by atoms with Crippen LogP contribution in [-0.4, -0.2) is 31.5 Å². The SMILES string of the molecule is CN(C)CC(=O)[O-].[NH4+]. The Kier molecular flexibility index (Phi) is 5.90. The minimum absolute atomic E-state index is 0. The van der Waals surface area contributed by atoms with E-state index in [9.17, 15) is 9.90 Å². The lowest BCUT2D eigenvalue weighted by Gasteiger charge is -2.08. The van der Waals surface area contributed by atoms with Crippen molar-refractivity contribution in [1.82, 2.24) is 11.1 Å². The third-order valence-electron chi connectivity index (χ3n) is 0.445. The molecule has 0 aromatic rings. The molecule has 0 atom stereocenters. The zero-order valence-electron chi connectivity index (χ0n) is 5.47. The van der Waals surface area contributed by atoms with Gasteiger partial charge in [-0.1, -0.05) is 0 Å². The molecule has 0 rings (SSSR count). The summed E-state index contributed by atoms with van der Waals surface area (Å²) in [5.74, 6) is -1.04. The van der Waals surface area contributed by atoms with Crippen molar-refractivity contribution in [3.8, 4) is 0 Å². The number of quaternary nitrogens is 1. The van der Waals surface area contributed by atoms with Crippen LogP contribution in [0.4, 0.5) is 0 Å². The summed E-state index contributed by atoms with van der Waals surface area (Å²) in [5.41, 5.74) is 0. The van der Waals surface area contributed by atoms with Crippen molar-refractivity contribution in [2.24, 2.45) is 0 Å². The third kappa shape index (κ3) is 9.04. The highest BCUT2D eigenvalue weighted by Gasteiger charge is 1.84. The van der Waals surface area contributed by atoms with Gasteiger partial charge in [-0.25, -0.2) is 0 Å². The Morgan fingerprint density at radius 3 is 2.00 bits per heavy atom. The first kappa shape index (κ1) is 10.4. The Hall–Kier alpha value is -0.610. The van der Waals surface area contributed by atoms with Crippen LogP contribution in [0.5, 0.6) is 0 Å². The average molecular weight is 120 g/mol. The first-order chi connectivity index (χ1) is 3.13. The number of carbonyl (C=O) groups is 1. The molecular formula is C4H12N2O2. The number of aliphatic carboxylic acids is 1. The Morgan fingerprint density at radius 1 is 1.62 bits per heavy atom. The summed E-state index contributed by atoms with van der Waals surface area (Å²) in [4.78, 5) is 11.2. The van der Waals surface area contributed by atoms with Crippen LogP contribution in [0.15, 0.2) is 0 Å². The minimum atomic E-state index is -1.04. The summed E-state index contributed by atoms with van der Waals surface area (Å²) in [5, 5.41) is 9.66. The summed E-state index contributed by atoms with van der Waals surface area (Å²) in [6.07, 6.45) is 0. The zero-order valence-corrected chi connectivity index (χ0v) is 5.47. The third-order valence-corrected chi connectivity index (χ3v) is 0.445. The average Bonchev–Trinajstić information content (AvgIpc) is 1.27. The van der Waals surface area contributed by atoms with Crippen LogP contribution in [0.25, 0.3) is 0 Å². The molecule has 0 unspecified atom stereocenters. The quantitative estimate of drug-likeness (QED) is 0.490. The molecule has 0 aliphatic rings. The van der Waals surface area contributed by atoms with E-state index in [0.717, 1.165) is 0 Å². The van der Waals surface area contributed by atoms with Crippen LogP contribution in [0, 0.1) is 0 Å². The lowest BCUT2D eigenvalue weighted by Crippen LogP contribution is -2.33. The summed E-state index contributed by atoms with van der Waals surface area (Å²) in [6.45, 7) is 0. The molecule has 0 aliphatic heterocycles. The maximum Gasteiger partial charge on any atom is 0.0554 e. The molecule has 0 fully saturated rings. The number of carboxylic acids is 1. The van der Waals surface area contributed by atoms with E-state index in [1.54, 1.807) is 14.1 Å². The number of rotatable bonds is 2. The number of carbonyl (C=O) groups excluding carboxylic acids is 1. The highest BCUT2D eigenvalue weighted by molar-refractivity contribution is 5.66. The molecule has 4 heteroatoms. The van der Waals surface area contributed by atoms with Crippen molar-refractivity contribution in [3.05, 3.63) is 0 Å². The number of nitrogens with zero attached hydrogens (tertiary/aromatic N) is 1. The Labute approximate surface area is 48.7 Å². The molecule has 8 heavy (non-hydrogen) atoms. The molecule has 0 aliphatic carbocycles. The second-order valence-electron chi connectivity index (χ2n) is 1.61.